The molecule has 1 aliphatic heterocycles. The summed E-state index contributed by atoms with van der Waals surface area (Å²) in [5.74, 6) is 0. The summed E-state index contributed by atoms with van der Waals surface area (Å²) in [6.07, 6.45) is 1.28. The van der Waals surface area contributed by atoms with Crippen LogP contribution in [0.5, 0.6) is 0 Å². The second-order valence-electron chi connectivity index (χ2n) is 6.32. The summed E-state index contributed by atoms with van der Waals surface area (Å²) in [5, 5.41) is 3.50. The van der Waals surface area contributed by atoms with Gasteiger partial charge in [-0.3, -0.25) is 4.90 Å². The predicted molar refractivity (Wildman–Crippen MR) is 86.1 cm³/mol. The maximum Gasteiger partial charge on any atom is 0.0473 e. The normalized spacial score (nSPS) is 23.2. The Bertz CT molecular complexity index is 413. The highest BCUT2D eigenvalue weighted by atomic mass is 15.3. The summed E-state index contributed by atoms with van der Waals surface area (Å²) >= 11 is 0. The van der Waals surface area contributed by atoms with E-state index in [1.165, 1.54) is 30.6 Å². The molecule has 0 bridgehead atoms. The molecule has 0 amide bonds. The molecule has 112 valence electrons. The van der Waals surface area contributed by atoms with Crippen LogP contribution in [0.2, 0.25) is 0 Å². The number of nitrogens with zero attached hydrogens (tertiary/aromatic N) is 2. The van der Waals surface area contributed by atoms with E-state index in [9.17, 15) is 0 Å². The summed E-state index contributed by atoms with van der Waals surface area (Å²) in [6, 6.07) is 10.5. The van der Waals surface area contributed by atoms with Crippen LogP contribution >= 0.6 is 0 Å². The minimum atomic E-state index is 0.400. The molecule has 1 aromatic rings. The third-order valence-electron chi connectivity index (χ3n) is 4.73. The van der Waals surface area contributed by atoms with Crippen molar-refractivity contribution in [2.24, 2.45) is 0 Å². The Morgan fingerprint density at radius 3 is 2.40 bits per heavy atom. The Balaban J connectivity index is 2.06. The van der Waals surface area contributed by atoms with Gasteiger partial charge in [0.25, 0.3) is 0 Å². The zero-order valence-electron chi connectivity index (χ0n) is 13.6. The van der Waals surface area contributed by atoms with E-state index in [1.54, 1.807) is 0 Å². The molecule has 1 heterocycles. The maximum atomic E-state index is 3.50. The van der Waals surface area contributed by atoms with Crippen LogP contribution in [-0.2, 0) is 0 Å². The van der Waals surface area contributed by atoms with Gasteiger partial charge >= 0.3 is 0 Å². The van der Waals surface area contributed by atoms with E-state index in [-0.39, 0.29) is 0 Å². The molecule has 2 rings (SSSR count). The van der Waals surface area contributed by atoms with Crippen LogP contribution in [0.1, 0.15) is 30.5 Å². The maximum absolute atomic E-state index is 3.50. The highest BCUT2D eigenvalue weighted by Gasteiger charge is 2.31. The van der Waals surface area contributed by atoms with Crippen LogP contribution in [-0.4, -0.2) is 56.1 Å². The molecule has 0 radical (unpaired) electrons. The molecule has 0 aromatic heterocycles. The van der Waals surface area contributed by atoms with Crippen molar-refractivity contribution < 1.29 is 0 Å². The standard InChI is InChI=1S/C17H29N3/c1-13-6-8-15(9-7-13)17(18-3)14(2)20-11-10-16(12-20)19(4)5/h6-9,14,16-18H,10-12H2,1-5H3. The minimum absolute atomic E-state index is 0.400. The average Bonchev–Trinajstić information content (AvgIpc) is 2.91. The Hall–Kier alpha value is -0.900. The summed E-state index contributed by atoms with van der Waals surface area (Å²) in [4.78, 5) is 4.97. The van der Waals surface area contributed by atoms with Crippen molar-refractivity contribution in [3.63, 3.8) is 0 Å². The zero-order valence-corrected chi connectivity index (χ0v) is 13.6. The van der Waals surface area contributed by atoms with Gasteiger partial charge in [-0.1, -0.05) is 29.8 Å². The van der Waals surface area contributed by atoms with Crippen molar-refractivity contribution in [2.75, 3.05) is 34.2 Å². The highest BCUT2D eigenvalue weighted by molar-refractivity contribution is 5.25. The lowest BCUT2D eigenvalue weighted by Gasteiger charge is -2.32. The van der Waals surface area contributed by atoms with Crippen LogP contribution in [0, 0.1) is 6.92 Å². The van der Waals surface area contributed by atoms with Crippen molar-refractivity contribution >= 4 is 0 Å². The summed E-state index contributed by atoms with van der Waals surface area (Å²) in [5.41, 5.74) is 2.71. The van der Waals surface area contributed by atoms with E-state index in [0.29, 0.717) is 18.1 Å². The molecule has 1 aliphatic rings. The van der Waals surface area contributed by atoms with E-state index in [2.05, 4.69) is 74.4 Å². The summed E-state index contributed by atoms with van der Waals surface area (Å²) in [7, 11) is 6.45. The number of hydrogen-bond acceptors (Lipinski definition) is 3. The first-order valence-corrected chi connectivity index (χ1v) is 7.67. The third kappa shape index (κ3) is 3.40. The molecular weight excluding hydrogens is 246 g/mol. The first kappa shape index (κ1) is 15.5. The first-order chi connectivity index (χ1) is 9.52. The molecule has 0 spiro atoms. The second kappa shape index (κ2) is 6.70. The molecule has 3 atom stereocenters. The van der Waals surface area contributed by atoms with Crippen molar-refractivity contribution in [3.05, 3.63) is 35.4 Å². The van der Waals surface area contributed by atoms with E-state index < -0.39 is 0 Å². The second-order valence-corrected chi connectivity index (χ2v) is 6.32. The largest absolute Gasteiger partial charge is 0.312 e. The molecule has 0 saturated carbocycles. The quantitative estimate of drug-likeness (QED) is 0.889. The van der Waals surface area contributed by atoms with Gasteiger partial charge in [0.2, 0.25) is 0 Å². The first-order valence-electron chi connectivity index (χ1n) is 7.67. The number of nitrogens with one attached hydrogen (secondary N) is 1. The summed E-state index contributed by atoms with van der Waals surface area (Å²) < 4.78 is 0. The van der Waals surface area contributed by atoms with Gasteiger partial charge in [0, 0.05) is 31.2 Å². The van der Waals surface area contributed by atoms with Gasteiger partial charge in [-0.25, -0.2) is 0 Å². The van der Waals surface area contributed by atoms with Gasteiger partial charge < -0.3 is 10.2 Å². The topological polar surface area (TPSA) is 18.5 Å². The van der Waals surface area contributed by atoms with Gasteiger partial charge in [0.05, 0.1) is 0 Å². The fourth-order valence-electron chi connectivity index (χ4n) is 3.23. The number of rotatable bonds is 5. The number of hydrogen-bond donors (Lipinski definition) is 1. The van der Waals surface area contributed by atoms with Gasteiger partial charge in [0.15, 0.2) is 0 Å². The summed E-state index contributed by atoms with van der Waals surface area (Å²) in [6.45, 7) is 6.87. The lowest BCUT2D eigenvalue weighted by molar-refractivity contribution is 0.192. The lowest BCUT2D eigenvalue weighted by atomic mass is 9.98. The molecule has 20 heavy (non-hydrogen) atoms. The van der Waals surface area contributed by atoms with Crippen LogP contribution in [0.4, 0.5) is 0 Å². The Morgan fingerprint density at radius 1 is 1.25 bits per heavy atom. The van der Waals surface area contributed by atoms with E-state index in [1.807, 2.05) is 0 Å². The van der Waals surface area contributed by atoms with E-state index in [0.717, 1.165) is 0 Å². The Morgan fingerprint density at radius 2 is 1.90 bits per heavy atom. The molecule has 1 N–H and O–H groups in total. The monoisotopic (exact) mass is 275 g/mol. The fraction of sp³-hybridized carbons (Fsp3) is 0.647. The molecule has 1 aromatic carbocycles. The van der Waals surface area contributed by atoms with Crippen molar-refractivity contribution in [3.8, 4) is 0 Å². The number of likely N-dealkylation sites (tertiary alicyclic amines) is 1. The van der Waals surface area contributed by atoms with Crippen LogP contribution in [0.25, 0.3) is 0 Å². The van der Waals surface area contributed by atoms with Gasteiger partial charge in [-0.05, 0) is 47.0 Å². The minimum Gasteiger partial charge on any atom is -0.312 e. The number of aryl methyl sites for hydroxylation is 1. The predicted octanol–water partition coefficient (Wildman–Crippen LogP) is 2.28. The highest BCUT2D eigenvalue weighted by Crippen LogP contribution is 2.25. The molecule has 1 saturated heterocycles. The molecule has 3 nitrogen and oxygen atoms in total. The van der Waals surface area contributed by atoms with Gasteiger partial charge in [-0.2, -0.15) is 0 Å². The molecule has 3 unspecified atom stereocenters. The number of likely N-dealkylation sites (N-methyl/N-ethyl adjacent to an activating group) is 2. The Kier molecular flexibility index (Phi) is 5.19. The average molecular weight is 275 g/mol. The SMILES string of the molecule is CNC(c1ccc(C)cc1)C(C)N1CCC(N(C)C)C1. The van der Waals surface area contributed by atoms with E-state index >= 15 is 0 Å². The smallest absolute Gasteiger partial charge is 0.0473 e. The lowest BCUT2D eigenvalue weighted by Crippen LogP contribution is -2.42. The molecule has 0 aliphatic carbocycles. The molecule has 3 heteroatoms. The van der Waals surface area contributed by atoms with Crippen LogP contribution < -0.4 is 5.32 Å². The zero-order chi connectivity index (χ0) is 14.7. The third-order valence-corrected chi connectivity index (χ3v) is 4.73. The van der Waals surface area contributed by atoms with Crippen molar-refractivity contribution in [1.29, 1.82) is 0 Å². The fourth-order valence-corrected chi connectivity index (χ4v) is 3.23. The van der Waals surface area contributed by atoms with Crippen molar-refractivity contribution in [2.45, 2.75) is 38.4 Å². The van der Waals surface area contributed by atoms with Crippen LogP contribution in [0.15, 0.2) is 24.3 Å². The van der Waals surface area contributed by atoms with Gasteiger partial charge in [0.1, 0.15) is 0 Å². The van der Waals surface area contributed by atoms with Crippen LogP contribution in [0.3, 0.4) is 0 Å². The van der Waals surface area contributed by atoms with Crippen molar-refractivity contribution in [1.82, 2.24) is 15.1 Å². The molecular formula is C17H29N3. The Labute approximate surface area is 124 Å². The van der Waals surface area contributed by atoms with E-state index in [4.69, 9.17) is 0 Å². The molecule has 1 fully saturated rings. The number of benzene rings is 1. The van der Waals surface area contributed by atoms with Gasteiger partial charge in [-0.15, -0.1) is 0 Å².